The maximum atomic E-state index is 13.0. The molecular formula is C26H28N4O6S. The van der Waals surface area contributed by atoms with Gasteiger partial charge >= 0.3 is 5.97 Å². The molecule has 0 unspecified atom stereocenters. The van der Waals surface area contributed by atoms with Crippen molar-refractivity contribution >= 4 is 34.3 Å². The Balaban J connectivity index is 1.48. The SMILES string of the molecule is CCOC(=O)Cc1csc(NC(=O)c2cc(Oc3ccc(C(=O)N4CCC4)cc3)nc(OC(C)C)c2)n1. The Hall–Kier alpha value is -3.99. The average molecular weight is 525 g/mol. The van der Waals surface area contributed by atoms with Crippen LogP contribution < -0.4 is 14.8 Å². The Morgan fingerprint density at radius 1 is 1.05 bits per heavy atom. The lowest BCUT2D eigenvalue weighted by Crippen LogP contribution is -2.41. The van der Waals surface area contributed by atoms with E-state index in [4.69, 9.17) is 14.2 Å². The van der Waals surface area contributed by atoms with Crippen LogP contribution in [-0.4, -0.2) is 58.5 Å². The summed E-state index contributed by atoms with van der Waals surface area (Å²) in [6.07, 6.45) is 0.887. The van der Waals surface area contributed by atoms with E-state index in [1.54, 1.807) is 41.5 Å². The van der Waals surface area contributed by atoms with Gasteiger partial charge in [-0.25, -0.2) is 4.98 Å². The molecule has 0 spiro atoms. The minimum absolute atomic E-state index is 0.00480. The van der Waals surface area contributed by atoms with Crippen molar-refractivity contribution in [1.29, 1.82) is 0 Å². The standard InChI is InChI=1S/C26H28N4O6S/c1-4-34-23(31)14-19-15-37-26(27-19)29-24(32)18-12-21(35-16(2)3)28-22(13-18)36-20-8-6-17(7-9-20)25(33)30-10-5-11-30/h6-9,12-13,15-16H,4-5,10-11,14H2,1-3H3,(H,27,29,32). The predicted molar refractivity (Wildman–Crippen MR) is 137 cm³/mol. The van der Waals surface area contributed by atoms with Gasteiger partial charge in [0.25, 0.3) is 11.8 Å². The van der Waals surface area contributed by atoms with E-state index in [0.717, 1.165) is 19.5 Å². The summed E-state index contributed by atoms with van der Waals surface area (Å²) >= 11 is 1.21. The van der Waals surface area contributed by atoms with Gasteiger partial charge < -0.3 is 19.1 Å². The van der Waals surface area contributed by atoms with Crippen LogP contribution in [0.25, 0.3) is 0 Å². The number of pyridine rings is 1. The van der Waals surface area contributed by atoms with Gasteiger partial charge in [-0.05, 0) is 51.5 Å². The monoisotopic (exact) mass is 524 g/mol. The molecule has 11 heteroatoms. The van der Waals surface area contributed by atoms with Crippen LogP contribution in [0.1, 0.15) is 53.6 Å². The fraction of sp³-hybridized carbons (Fsp3) is 0.346. The summed E-state index contributed by atoms with van der Waals surface area (Å²) in [6, 6.07) is 9.79. The first-order valence-electron chi connectivity index (χ1n) is 12.0. The number of rotatable bonds is 10. The summed E-state index contributed by atoms with van der Waals surface area (Å²) in [5, 5.41) is 4.77. The second-order valence-corrected chi connectivity index (χ2v) is 9.41. The van der Waals surface area contributed by atoms with Crippen molar-refractivity contribution in [2.45, 2.75) is 39.7 Å². The van der Waals surface area contributed by atoms with Crippen molar-refractivity contribution < 1.29 is 28.6 Å². The van der Waals surface area contributed by atoms with Crippen molar-refractivity contribution in [3.63, 3.8) is 0 Å². The molecule has 0 radical (unpaired) electrons. The van der Waals surface area contributed by atoms with Crippen molar-refractivity contribution in [2.24, 2.45) is 0 Å². The Morgan fingerprint density at radius 3 is 2.43 bits per heavy atom. The molecule has 1 aliphatic rings. The Bertz CT molecular complexity index is 1270. The maximum absolute atomic E-state index is 13.0. The minimum atomic E-state index is -0.437. The zero-order valence-corrected chi connectivity index (χ0v) is 21.7. The highest BCUT2D eigenvalue weighted by Gasteiger charge is 2.21. The molecule has 2 amide bonds. The summed E-state index contributed by atoms with van der Waals surface area (Å²) in [4.78, 5) is 47.5. The average Bonchev–Trinajstić information content (AvgIpc) is 3.24. The van der Waals surface area contributed by atoms with Gasteiger partial charge in [0, 0.05) is 36.2 Å². The van der Waals surface area contributed by atoms with Crippen LogP contribution in [0.2, 0.25) is 0 Å². The van der Waals surface area contributed by atoms with Crippen LogP contribution in [0.15, 0.2) is 41.8 Å². The molecule has 0 aliphatic carbocycles. The van der Waals surface area contributed by atoms with Crippen molar-refractivity contribution in [3.05, 3.63) is 58.6 Å². The number of esters is 1. The molecule has 3 heterocycles. The molecule has 0 atom stereocenters. The van der Waals surface area contributed by atoms with Crippen molar-refractivity contribution in [1.82, 2.24) is 14.9 Å². The molecule has 1 saturated heterocycles. The predicted octanol–water partition coefficient (Wildman–Crippen LogP) is 4.32. The third-order valence-electron chi connectivity index (χ3n) is 5.27. The number of amides is 2. The summed E-state index contributed by atoms with van der Waals surface area (Å²) in [5.41, 5.74) is 1.35. The summed E-state index contributed by atoms with van der Waals surface area (Å²) < 4.78 is 16.5. The lowest BCUT2D eigenvalue weighted by molar-refractivity contribution is -0.142. The molecular weight excluding hydrogens is 496 g/mol. The number of carbonyl (C=O) groups is 3. The number of thiazole rings is 1. The Morgan fingerprint density at radius 2 is 1.78 bits per heavy atom. The number of anilines is 1. The summed E-state index contributed by atoms with van der Waals surface area (Å²) in [6.45, 7) is 7.29. The molecule has 194 valence electrons. The number of hydrogen-bond donors (Lipinski definition) is 1. The quantitative estimate of drug-likeness (QED) is 0.390. The number of likely N-dealkylation sites (tertiary alicyclic amines) is 1. The fourth-order valence-corrected chi connectivity index (χ4v) is 4.13. The first-order chi connectivity index (χ1) is 17.8. The highest BCUT2D eigenvalue weighted by molar-refractivity contribution is 7.14. The minimum Gasteiger partial charge on any atom is -0.475 e. The van der Waals surface area contributed by atoms with Gasteiger partial charge in [0.2, 0.25) is 11.8 Å². The smallest absolute Gasteiger partial charge is 0.311 e. The maximum Gasteiger partial charge on any atom is 0.311 e. The summed E-state index contributed by atoms with van der Waals surface area (Å²) in [7, 11) is 0. The number of nitrogens with zero attached hydrogens (tertiary/aromatic N) is 3. The highest BCUT2D eigenvalue weighted by atomic mass is 32.1. The van der Waals surface area contributed by atoms with E-state index < -0.39 is 5.91 Å². The van der Waals surface area contributed by atoms with Crippen LogP contribution >= 0.6 is 11.3 Å². The normalized spacial score (nSPS) is 12.6. The number of nitrogens with one attached hydrogen (secondary N) is 1. The van der Waals surface area contributed by atoms with Crippen LogP contribution in [0.3, 0.4) is 0 Å². The van der Waals surface area contributed by atoms with Gasteiger partial charge in [0.05, 0.1) is 30.4 Å². The molecule has 0 saturated carbocycles. The molecule has 3 aromatic rings. The van der Waals surface area contributed by atoms with Gasteiger partial charge in [-0.1, -0.05) is 0 Å². The van der Waals surface area contributed by atoms with Crippen LogP contribution in [0, 0.1) is 0 Å². The molecule has 2 aromatic heterocycles. The molecule has 4 rings (SSSR count). The van der Waals surface area contributed by atoms with Gasteiger partial charge in [-0.15, -0.1) is 11.3 Å². The first kappa shape index (κ1) is 26.1. The van der Waals surface area contributed by atoms with Crippen LogP contribution in [-0.2, 0) is 16.0 Å². The lowest BCUT2D eigenvalue weighted by atomic mass is 10.1. The van der Waals surface area contributed by atoms with Crippen LogP contribution in [0.4, 0.5) is 5.13 Å². The van der Waals surface area contributed by atoms with Gasteiger partial charge in [-0.3, -0.25) is 19.7 Å². The van der Waals surface area contributed by atoms with E-state index >= 15 is 0 Å². The van der Waals surface area contributed by atoms with Gasteiger partial charge in [0.15, 0.2) is 5.13 Å². The van der Waals surface area contributed by atoms with Gasteiger partial charge in [0.1, 0.15) is 5.75 Å². The zero-order valence-electron chi connectivity index (χ0n) is 20.9. The molecule has 1 fully saturated rings. The highest BCUT2D eigenvalue weighted by Crippen LogP contribution is 2.26. The van der Waals surface area contributed by atoms with Gasteiger partial charge in [-0.2, -0.15) is 4.98 Å². The number of ether oxygens (including phenoxy) is 3. The largest absolute Gasteiger partial charge is 0.475 e. The second kappa shape index (κ2) is 11.8. The Labute approximate surface area is 218 Å². The number of carbonyl (C=O) groups excluding carboxylic acids is 3. The van der Waals surface area contributed by atoms with E-state index in [9.17, 15) is 14.4 Å². The van der Waals surface area contributed by atoms with E-state index in [0.29, 0.717) is 28.7 Å². The Kier molecular flexibility index (Phi) is 8.34. The van der Waals surface area contributed by atoms with E-state index in [1.807, 2.05) is 13.8 Å². The molecule has 0 bridgehead atoms. The number of benzene rings is 1. The summed E-state index contributed by atoms with van der Waals surface area (Å²) in [5.74, 6) is 0.0269. The number of aromatic nitrogens is 2. The fourth-order valence-electron chi connectivity index (χ4n) is 3.43. The molecule has 1 N–H and O–H groups in total. The zero-order chi connectivity index (χ0) is 26.4. The molecule has 10 nitrogen and oxygen atoms in total. The third kappa shape index (κ3) is 7.04. The number of hydrogen-bond acceptors (Lipinski definition) is 9. The molecule has 37 heavy (non-hydrogen) atoms. The van der Waals surface area contributed by atoms with Crippen molar-refractivity contribution in [2.75, 3.05) is 25.0 Å². The third-order valence-corrected chi connectivity index (χ3v) is 6.07. The second-order valence-electron chi connectivity index (χ2n) is 8.55. The van der Waals surface area contributed by atoms with E-state index in [2.05, 4.69) is 15.3 Å². The molecule has 1 aromatic carbocycles. The van der Waals surface area contributed by atoms with Crippen molar-refractivity contribution in [3.8, 4) is 17.5 Å². The van der Waals surface area contributed by atoms with E-state index in [1.165, 1.54) is 23.5 Å². The topological polar surface area (TPSA) is 120 Å². The molecule has 1 aliphatic heterocycles. The lowest BCUT2D eigenvalue weighted by Gasteiger charge is -2.30. The van der Waals surface area contributed by atoms with E-state index in [-0.39, 0.29) is 41.7 Å². The first-order valence-corrected chi connectivity index (χ1v) is 12.9. The van der Waals surface area contributed by atoms with Crippen LogP contribution in [0.5, 0.6) is 17.5 Å².